The number of thiocarbonyl (C=S) groups is 1. The number of nitrogen functional groups attached to an aromatic ring is 1. The van der Waals surface area contributed by atoms with Crippen LogP contribution in [0.2, 0.25) is 0 Å². The van der Waals surface area contributed by atoms with Crippen LogP contribution in [-0.2, 0) is 0 Å². The van der Waals surface area contributed by atoms with Crippen LogP contribution in [0.15, 0.2) is 66.7 Å². The second-order valence-corrected chi connectivity index (χ2v) is 7.32. The largest absolute Gasteiger partial charge is 0.332 e. The van der Waals surface area contributed by atoms with E-state index in [9.17, 15) is 18.8 Å². The molecule has 10 heteroatoms. The highest BCUT2D eigenvalue weighted by atomic mass is 32.1. The van der Waals surface area contributed by atoms with Crippen LogP contribution in [0.4, 0.5) is 21.5 Å². The molecule has 0 aliphatic rings. The van der Waals surface area contributed by atoms with Crippen molar-refractivity contribution in [1.29, 1.82) is 0 Å². The predicted octanol–water partition coefficient (Wildman–Crippen LogP) is 3.69. The first-order chi connectivity index (χ1) is 15.8. The number of halogens is 1. The van der Waals surface area contributed by atoms with Gasteiger partial charge in [-0.05, 0) is 73.7 Å². The molecule has 33 heavy (non-hydrogen) atoms. The van der Waals surface area contributed by atoms with E-state index in [0.29, 0.717) is 22.6 Å². The van der Waals surface area contributed by atoms with Crippen molar-refractivity contribution in [3.63, 3.8) is 0 Å². The van der Waals surface area contributed by atoms with Gasteiger partial charge in [0.05, 0.1) is 5.56 Å². The van der Waals surface area contributed by atoms with Crippen molar-refractivity contribution >= 4 is 52.0 Å². The minimum absolute atomic E-state index is 0.0481. The van der Waals surface area contributed by atoms with Crippen molar-refractivity contribution in [2.24, 2.45) is 5.84 Å². The van der Waals surface area contributed by atoms with E-state index in [1.165, 1.54) is 37.3 Å². The summed E-state index contributed by atoms with van der Waals surface area (Å²) in [6.07, 6.45) is 0. The molecule has 0 atom stereocenters. The number of hydrogen-bond donors (Lipinski definition) is 5. The Kier molecular flexibility index (Phi) is 7.44. The van der Waals surface area contributed by atoms with Gasteiger partial charge in [0.25, 0.3) is 11.8 Å². The smallest absolute Gasteiger partial charge is 0.265 e. The number of benzene rings is 3. The van der Waals surface area contributed by atoms with Crippen molar-refractivity contribution in [1.82, 2.24) is 5.43 Å². The van der Waals surface area contributed by atoms with Gasteiger partial charge in [0.15, 0.2) is 10.9 Å². The van der Waals surface area contributed by atoms with Gasteiger partial charge in [0.2, 0.25) is 0 Å². The van der Waals surface area contributed by atoms with E-state index >= 15 is 0 Å². The number of Topliss-reactive ketones (excluding diaryl/α,β-unsaturated/α-hetero) is 1. The van der Waals surface area contributed by atoms with Crippen molar-refractivity contribution in [2.45, 2.75) is 6.92 Å². The third-order valence-electron chi connectivity index (χ3n) is 4.50. The van der Waals surface area contributed by atoms with Gasteiger partial charge in [-0.1, -0.05) is 12.1 Å². The summed E-state index contributed by atoms with van der Waals surface area (Å²) in [5.74, 6) is 3.38. The molecule has 0 fully saturated rings. The molecule has 0 saturated carbocycles. The molecule has 3 rings (SSSR count). The summed E-state index contributed by atoms with van der Waals surface area (Å²) in [7, 11) is 0. The fourth-order valence-corrected chi connectivity index (χ4v) is 3.23. The molecule has 0 radical (unpaired) electrons. The topological polar surface area (TPSA) is 125 Å². The third kappa shape index (κ3) is 6.19. The number of anilines is 3. The summed E-state index contributed by atoms with van der Waals surface area (Å²) in [5.41, 5.74) is 3.85. The van der Waals surface area contributed by atoms with Crippen LogP contribution in [0.1, 0.15) is 38.0 Å². The molecule has 168 valence electrons. The van der Waals surface area contributed by atoms with Crippen LogP contribution in [0.3, 0.4) is 0 Å². The molecule has 0 unspecified atom stereocenters. The number of amides is 2. The van der Waals surface area contributed by atoms with E-state index in [4.69, 9.17) is 18.1 Å². The lowest BCUT2D eigenvalue weighted by atomic mass is 10.0. The molecule has 8 nitrogen and oxygen atoms in total. The fourth-order valence-electron chi connectivity index (χ4n) is 3.00. The lowest BCUT2D eigenvalue weighted by Crippen LogP contribution is -2.31. The molecule has 0 aromatic heterocycles. The van der Waals surface area contributed by atoms with Gasteiger partial charge < -0.3 is 16.0 Å². The molecule has 6 N–H and O–H groups in total. The zero-order chi connectivity index (χ0) is 24.0. The molecule has 2 amide bonds. The van der Waals surface area contributed by atoms with Crippen LogP contribution in [0, 0.1) is 5.82 Å². The van der Waals surface area contributed by atoms with Crippen molar-refractivity contribution < 1.29 is 18.8 Å². The Morgan fingerprint density at radius 2 is 1.42 bits per heavy atom. The maximum atomic E-state index is 13.3. The Hall–Kier alpha value is -4.15. The average Bonchev–Trinajstić information content (AvgIpc) is 2.78. The van der Waals surface area contributed by atoms with E-state index in [0.717, 1.165) is 0 Å². The molecule has 0 heterocycles. The predicted molar refractivity (Wildman–Crippen MR) is 129 cm³/mol. The molecule has 0 spiro atoms. The molecule has 0 saturated heterocycles. The van der Waals surface area contributed by atoms with Crippen LogP contribution in [0.25, 0.3) is 0 Å². The highest BCUT2D eigenvalue weighted by Crippen LogP contribution is 2.19. The molecule has 3 aromatic rings. The normalized spacial score (nSPS) is 10.2. The van der Waals surface area contributed by atoms with Crippen LogP contribution >= 0.6 is 12.2 Å². The highest BCUT2D eigenvalue weighted by Gasteiger charge is 2.16. The van der Waals surface area contributed by atoms with Gasteiger partial charge in [-0.2, -0.15) is 0 Å². The van der Waals surface area contributed by atoms with Crippen LogP contribution in [0.5, 0.6) is 0 Å². The zero-order valence-electron chi connectivity index (χ0n) is 17.4. The lowest BCUT2D eigenvalue weighted by Gasteiger charge is -2.12. The molecular formula is C23H20FN5O3S. The maximum absolute atomic E-state index is 13.3. The Labute approximate surface area is 194 Å². The van der Waals surface area contributed by atoms with Gasteiger partial charge in [0.1, 0.15) is 5.82 Å². The first kappa shape index (κ1) is 23.5. The first-order valence-corrected chi connectivity index (χ1v) is 10.1. The summed E-state index contributed by atoms with van der Waals surface area (Å²) >= 11 is 5.24. The standard InChI is InChI=1S/C23H20FN5O3S/c1-13(30)19-9-8-18(12-20(19)22(32)29-25)26-21(31)14-4-2-6-16(10-14)27-23(33)28-17-7-3-5-15(24)11-17/h2-12H,25H2,1H3,(H,26,31)(H,29,32)(H2,27,28,33). The summed E-state index contributed by atoms with van der Waals surface area (Å²) in [6.45, 7) is 1.33. The van der Waals surface area contributed by atoms with E-state index in [-0.39, 0.29) is 22.0 Å². The highest BCUT2D eigenvalue weighted by molar-refractivity contribution is 7.80. The van der Waals surface area contributed by atoms with Gasteiger partial charge >= 0.3 is 0 Å². The van der Waals surface area contributed by atoms with Crippen molar-refractivity contribution in [2.75, 3.05) is 16.0 Å². The number of nitrogens with one attached hydrogen (secondary N) is 4. The minimum atomic E-state index is -0.651. The summed E-state index contributed by atoms with van der Waals surface area (Å²) in [5, 5.41) is 8.69. The molecule has 0 bridgehead atoms. The number of ketones is 1. The Balaban J connectivity index is 1.72. The zero-order valence-corrected chi connectivity index (χ0v) is 18.3. The summed E-state index contributed by atoms with van der Waals surface area (Å²) in [6, 6.07) is 16.7. The molecular weight excluding hydrogens is 445 g/mol. The number of carbonyl (C=O) groups is 3. The maximum Gasteiger partial charge on any atom is 0.265 e. The van der Waals surface area contributed by atoms with Gasteiger partial charge in [-0.25, -0.2) is 10.2 Å². The number of rotatable bonds is 6. The summed E-state index contributed by atoms with van der Waals surface area (Å²) in [4.78, 5) is 36.5. The van der Waals surface area contributed by atoms with Crippen LogP contribution < -0.4 is 27.2 Å². The Morgan fingerprint density at radius 1 is 0.788 bits per heavy atom. The Morgan fingerprint density at radius 3 is 2.06 bits per heavy atom. The first-order valence-electron chi connectivity index (χ1n) is 9.67. The second kappa shape index (κ2) is 10.4. The van der Waals surface area contributed by atoms with E-state index in [1.54, 1.807) is 36.4 Å². The van der Waals surface area contributed by atoms with Gasteiger partial charge in [-0.15, -0.1) is 0 Å². The fraction of sp³-hybridized carbons (Fsp3) is 0.0435. The number of hydrogen-bond acceptors (Lipinski definition) is 5. The van der Waals surface area contributed by atoms with Crippen LogP contribution in [-0.4, -0.2) is 22.7 Å². The molecule has 0 aliphatic carbocycles. The molecule has 3 aromatic carbocycles. The van der Waals surface area contributed by atoms with E-state index in [2.05, 4.69) is 16.0 Å². The monoisotopic (exact) mass is 465 g/mol. The van der Waals surface area contributed by atoms with E-state index in [1.807, 2.05) is 5.43 Å². The Bertz CT molecular complexity index is 1250. The minimum Gasteiger partial charge on any atom is -0.332 e. The SMILES string of the molecule is CC(=O)c1ccc(NC(=O)c2cccc(NC(=S)Nc3cccc(F)c3)c2)cc1C(=O)NN. The number of nitrogens with two attached hydrogens (primary N) is 1. The lowest BCUT2D eigenvalue weighted by molar-refractivity contribution is 0.0938. The van der Waals surface area contributed by atoms with E-state index < -0.39 is 17.6 Å². The van der Waals surface area contributed by atoms with Crippen molar-refractivity contribution in [3.05, 3.63) is 89.2 Å². The number of hydrazine groups is 1. The molecule has 0 aliphatic heterocycles. The summed E-state index contributed by atoms with van der Waals surface area (Å²) < 4.78 is 13.3. The number of carbonyl (C=O) groups excluding carboxylic acids is 3. The van der Waals surface area contributed by atoms with Gasteiger partial charge in [0, 0.05) is 28.2 Å². The van der Waals surface area contributed by atoms with Crippen molar-refractivity contribution in [3.8, 4) is 0 Å². The third-order valence-corrected chi connectivity index (χ3v) is 4.70. The second-order valence-electron chi connectivity index (χ2n) is 6.91. The quantitative estimate of drug-likeness (QED) is 0.124. The average molecular weight is 466 g/mol. The van der Waals surface area contributed by atoms with Gasteiger partial charge in [-0.3, -0.25) is 19.8 Å².